The van der Waals surface area contributed by atoms with E-state index in [4.69, 9.17) is 10.1 Å². The third-order valence-electron chi connectivity index (χ3n) is 11.4. The summed E-state index contributed by atoms with van der Waals surface area (Å²) >= 11 is 0. The summed E-state index contributed by atoms with van der Waals surface area (Å²) in [6, 6.07) is 32.9. The van der Waals surface area contributed by atoms with Crippen LogP contribution in [0, 0.1) is 29.1 Å². The molecule has 5 aromatic carbocycles. The lowest BCUT2D eigenvalue weighted by Gasteiger charge is -2.24. The maximum Gasteiger partial charge on any atom is 0.200 e. The average Bonchev–Trinajstić information content (AvgIpc) is 3.87. The van der Waals surface area contributed by atoms with Gasteiger partial charge in [0.1, 0.15) is 5.82 Å². The van der Waals surface area contributed by atoms with E-state index in [9.17, 15) is 13.2 Å². The van der Waals surface area contributed by atoms with Crippen molar-refractivity contribution in [3.63, 3.8) is 0 Å². The molecule has 0 bridgehead atoms. The molecule has 4 aromatic heterocycles. The first-order valence-electron chi connectivity index (χ1n) is 20.0. The monoisotopic (exact) mass is 809 g/mol. The van der Waals surface area contributed by atoms with E-state index in [0.29, 0.717) is 11.4 Å². The van der Waals surface area contributed by atoms with Gasteiger partial charge in [-0.3, -0.25) is 4.57 Å². The molecule has 0 N–H and O–H groups in total. The summed E-state index contributed by atoms with van der Waals surface area (Å²) in [6.45, 7) is 17.4. The number of hydrogen-bond acceptors (Lipinski definition) is 2. The van der Waals surface area contributed by atoms with Gasteiger partial charge >= 0.3 is 0 Å². The second-order valence-corrected chi connectivity index (χ2v) is 18.7. The van der Waals surface area contributed by atoms with Crippen molar-refractivity contribution in [1.82, 2.24) is 23.9 Å². The number of rotatable bonds is 4. The van der Waals surface area contributed by atoms with E-state index in [1.54, 1.807) is 25.5 Å². The molecule has 0 atom stereocenters. The van der Waals surface area contributed by atoms with Crippen molar-refractivity contribution < 1.29 is 22.0 Å². The highest BCUT2D eigenvalue weighted by Gasteiger charge is 2.38. The minimum absolute atomic E-state index is 0.0914. The zero-order valence-electron chi connectivity index (χ0n) is 34.9. The lowest BCUT2D eigenvalue weighted by atomic mass is 9.80. The minimum Gasteiger partial charge on any atom is -0.309 e. The molecular weight excluding hydrogens is 766 g/mol. The second kappa shape index (κ2) is 13.4. The Balaban J connectivity index is 1.34. The standard InChI is InChI=1S/C50H44F5N5/c1-48(2,3)27-22-23-56-38(24-27)59-35-17-13-11-15-31(35)33-20-18-28(25-37(33)59)58-34-16-12-10-14-30(34)32-21-19-29(26-36(32)58)60-47(50(7,8)9)40(46(57-60)49(4,5)6)39-41(51)43(53)45(55)44(54)42(39)52/h10-26H,1-9H3. The third-order valence-corrected chi connectivity index (χ3v) is 11.4. The maximum atomic E-state index is 15.8. The molecule has 0 radical (unpaired) electrons. The smallest absolute Gasteiger partial charge is 0.200 e. The Morgan fingerprint density at radius 1 is 0.450 bits per heavy atom. The van der Waals surface area contributed by atoms with Crippen molar-refractivity contribution in [3.05, 3.63) is 149 Å². The normalized spacial score (nSPS) is 12.8. The molecule has 0 saturated heterocycles. The summed E-state index contributed by atoms with van der Waals surface area (Å²) in [5, 5.41) is 9.11. The van der Waals surface area contributed by atoms with Gasteiger partial charge in [-0.25, -0.2) is 31.6 Å². The summed E-state index contributed by atoms with van der Waals surface area (Å²) in [5.74, 6) is -9.20. The van der Waals surface area contributed by atoms with Crippen LogP contribution < -0.4 is 0 Å². The van der Waals surface area contributed by atoms with Gasteiger partial charge in [0.05, 0.1) is 44.7 Å². The van der Waals surface area contributed by atoms with Gasteiger partial charge < -0.3 is 4.57 Å². The predicted octanol–water partition coefficient (Wildman–Crippen LogP) is 13.7. The van der Waals surface area contributed by atoms with E-state index in [-0.39, 0.29) is 16.7 Å². The zero-order valence-corrected chi connectivity index (χ0v) is 34.9. The van der Waals surface area contributed by atoms with Crippen molar-refractivity contribution in [1.29, 1.82) is 0 Å². The molecule has 0 fully saturated rings. The quantitative estimate of drug-likeness (QED) is 0.101. The Bertz CT molecular complexity index is 3190. The lowest BCUT2D eigenvalue weighted by molar-refractivity contribution is 0.381. The lowest BCUT2D eigenvalue weighted by Crippen LogP contribution is -2.20. The topological polar surface area (TPSA) is 40.6 Å². The second-order valence-electron chi connectivity index (χ2n) is 18.7. The maximum absolute atomic E-state index is 15.8. The molecule has 9 aromatic rings. The molecule has 9 rings (SSSR count). The minimum atomic E-state index is -2.21. The van der Waals surface area contributed by atoms with E-state index >= 15 is 8.78 Å². The average molecular weight is 810 g/mol. The molecule has 0 amide bonds. The van der Waals surface area contributed by atoms with Crippen LogP contribution >= 0.6 is 0 Å². The van der Waals surface area contributed by atoms with Crippen molar-refractivity contribution in [2.75, 3.05) is 0 Å². The molecule has 0 spiro atoms. The van der Waals surface area contributed by atoms with Gasteiger partial charge in [-0.2, -0.15) is 5.10 Å². The van der Waals surface area contributed by atoms with Crippen molar-refractivity contribution in [2.45, 2.75) is 78.6 Å². The Morgan fingerprint density at radius 2 is 0.950 bits per heavy atom. The zero-order chi connectivity index (χ0) is 42.8. The summed E-state index contributed by atoms with van der Waals surface area (Å²) in [7, 11) is 0. The summed E-state index contributed by atoms with van der Waals surface area (Å²) < 4.78 is 81.9. The van der Waals surface area contributed by atoms with Crippen molar-refractivity contribution in [3.8, 4) is 28.3 Å². The molecule has 304 valence electrons. The number of nitrogens with zero attached hydrogens (tertiary/aromatic N) is 5. The largest absolute Gasteiger partial charge is 0.309 e. The number of aromatic nitrogens is 5. The number of fused-ring (bicyclic) bond motifs is 6. The third kappa shape index (κ3) is 5.93. The number of halogens is 5. The van der Waals surface area contributed by atoms with Gasteiger partial charge in [0.25, 0.3) is 0 Å². The van der Waals surface area contributed by atoms with Gasteiger partial charge in [0.2, 0.25) is 5.82 Å². The fourth-order valence-corrected chi connectivity index (χ4v) is 8.60. The van der Waals surface area contributed by atoms with Crippen LogP contribution in [0.5, 0.6) is 0 Å². The van der Waals surface area contributed by atoms with E-state index in [0.717, 1.165) is 60.7 Å². The molecule has 0 unspecified atom stereocenters. The van der Waals surface area contributed by atoms with Gasteiger partial charge in [0, 0.05) is 49.8 Å². The van der Waals surface area contributed by atoms with Crippen LogP contribution in [0.2, 0.25) is 0 Å². The fraction of sp³-hybridized carbons (Fsp3) is 0.240. The predicted molar refractivity (Wildman–Crippen MR) is 231 cm³/mol. The number of pyridine rings is 1. The van der Waals surface area contributed by atoms with Gasteiger partial charge in [-0.15, -0.1) is 0 Å². The van der Waals surface area contributed by atoms with E-state index in [1.807, 2.05) is 69.4 Å². The Morgan fingerprint density at radius 3 is 1.52 bits per heavy atom. The summed E-state index contributed by atoms with van der Waals surface area (Å²) in [5.41, 5.74) is 3.92. The van der Waals surface area contributed by atoms with Gasteiger partial charge in [0.15, 0.2) is 23.3 Å². The van der Waals surface area contributed by atoms with E-state index < -0.39 is 45.5 Å². The van der Waals surface area contributed by atoms with E-state index in [1.165, 1.54) is 0 Å². The number of para-hydroxylation sites is 2. The summed E-state index contributed by atoms with van der Waals surface area (Å²) in [6.07, 6.45) is 1.86. The molecule has 0 aliphatic rings. The van der Waals surface area contributed by atoms with Crippen LogP contribution in [0.1, 0.15) is 79.3 Å². The molecule has 0 aliphatic carbocycles. The molecule has 4 heterocycles. The molecule has 60 heavy (non-hydrogen) atoms. The Labute approximate surface area is 344 Å². The molecule has 0 aliphatic heterocycles. The Hall–Kier alpha value is -6.29. The van der Waals surface area contributed by atoms with Crippen molar-refractivity contribution in [2.24, 2.45) is 0 Å². The van der Waals surface area contributed by atoms with Crippen LogP contribution in [0.25, 0.3) is 71.9 Å². The first-order valence-corrected chi connectivity index (χ1v) is 20.0. The highest BCUT2D eigenvalue weighted by atomic mass is 19.2. The molecular formula is C50H44F5N5. The van der Waals surface area contributed by atoms with Gasteiger partial charge in [-0.1, -0.05) is 111 Å². The number of benzene rings is 5. The first-order chi connectivity index (χ1) is 28.3. The number of hydrogen-bond donors (Lipinski definition) is 0. The fourth-order valence-electron chi connectivity index (χ4n) is 8.60. The molecule has 5 nitrogen and oxygen atoms in total. The summed E-state index contributed by atoms with van der Waals surface area (Å²) in [4.78, 5) is 4.87. The molecule has 10 heteroatoms. The molecule has 0 saturated carbocycles. The van der Waals surface area contributed by atoms with Crippen molar-refractivity contribution >= 4 is 43.6 Å². The van der Waals surface area contributed by atoms with Crippen LogP contribution in [-0.4, -0.2) is 23.9 Å². The highest BCUT2D eigenvalue weighted by Crippen LogP contribution is 2.45. The van der Waals surface area contributed by atoms with Gasteiger partial charge in [-0.05, 0) is 59.5 Å². The van der Waals surface area contributed by atoms with Crippen LogP contribution in [-0.2, 0) is 16.2 Å². The van der Waals surface area contributed by atoms with E-state index in [2.05, 4.69) is 84.5 Å². The van der Waals surface area contributed by atoms with Crippen LogP contribution in [0.15, 0.2) is 103 Å². The highest BCUT2D eigenvalue weighted by molar-refractivity contribution is 6.12. The van der Waals surface area contributed by atoms with Crippen LogP contribution in [0.4, 0.5) is 22.0 Å². The first kappa shape index (κ1) is 39.2. The SMILES string of the molecule is CC(C)(C)c1ccnc(-n2c3ccccc3c3ccc(-n4c5ccccc5c5ccc(-n6nc(C(C)(C)C)c(-c7c(F)c(F)c(F)c(F)c7F)c6C(C)(C)C)cc54)cc32)c1. The van der Waals surface area contributed by atoms with Crippen LogP contribution in [0.3, 0.4) is 0 Å². The Kier molecular flexibility index (Phi) is 8.73.